The van der Waals surface area contributed by atoms with Gasteiger partial charge in [-0.2, -0.15) is 16.8 Å². The van der Waals surface area contributed by atoms with Gasteiger partial charge < -0.3 is 4.98 Å². The van der Waals surface area contributed by atoms with Gasteiger partial charge in [-0.15, -0.1) is 0 Å². The van der Waals surface area contributed by atoms with Crippen molar-refractivity contribution in [3.63, 3.8) is 0 Å². The maximum Gasteiger partial charge on any atom is 0.294 e. The Hall–Kier alpha value is -2.53. The molecule has 2 aromatic carbocycles. The van der Waals surface area contributed by atoms with Crippen molar-refractivity contribution in [1.82, 2.24) is 9.97 Å². The molecule has 0 aliphatic carbocycles. The number of nitrogens with one attached hydrogen (secondary N) is 1. The van der Waals surface area contributed by atoms with Crippen molar-refractivity contribution < 1.29 is 25.9 Å². The predicted molar refractivity (Wildman–Crippen MR) is 95.8 cm³/mol. The number of hydrogen-bond donors (Lipinski definition) is 3. The third-order valence-electron chi connectivity index (χ3n) is 2.72. The number of benzene rings is 2. The van der Waals surface area contributed by atoms with Gasteiger partial charge >= 0.3 is 0 Å². The molecule has 0 fully saturated rings. The third-order valence-corrected chi connectivity index (χ3v) is 4.45. The lowest BCUT2D eigenvalue weighted by molar-refractivity contribution is 0.481. The fraction of sp³-hybridized carbons (Fsp3) is 0.0625. The Morgan fingerprint density at radius 3 is 1.31 bits per heavy atom. The number of aromatic amines is 1. The highest BCUT2D eigenvalue weighted by Crippen LogP contribution is 2.05. The van der Waals surface area contributed by atoms with Crippen LogP contribution < -0.4 is 0 Å². The van der Waals surface area contributed by atoms with E-state index in [9.17, 15) is 16.8 Å². The summed E-state index contributed by atoms with van der Waals surface area (Å²) in [6.07, 6.45) is 3.53. The van der Waals surface area contributed by atoms with Crippen LogP contribution in [0.5, 0.6) is 0 Å². The van der Waals surface area contributed by atoms with Crippen molar-refractivity contribution in [2.45, 2.75) is 16.7 Å². The summed E-state index contributed by atoms with van der Waals surface area (Å²) < 4.78 is 58.5. The van der Waals surface area contributed by atoms with Gasteiger partial charge in [0, 0.05) is 12.4 Å². The summed E-state index contributed by atoms with van der Waals surface area (Å²) in [7, 11) is -8.01. The lowest BCUT2D eigenvalue weighted by Crippen LogP contribution is -1.96. The van der Waals surface area contributed by atoms with E-state index in [1.54, 1.807) is 48.8 Å². The standard InChI is InChI=1S/2C6H6O3S.C4H6N2/c2*7-10(8,9)6-4-2-1-3-5-6;1-4-5-2-3-6-4/h2*1-5H,(H,7,8,9);2-3H,1H3,(H,5,6). The maximum atomic E-state index is 10.4. The number of rotatable bonds is 2. The van der Waals surface area contributed by atoms with Crippen LogP contribution >= 0.6 is 0 Å². The highest BCUT2D eigenvalue weighted by atomic mass is 32.2. The zero-order chi connectivity index (χ0) is 19.6. The topological polar surface area (TPSA) is 137 Å². The van der Waals surface area contributed by atoms with Crippen molar-refractivity contribution in [3.05, 3.63) is 78.9 Å². The summed E-state index contributed by atoms with van der Waals surface area (Å²) >= 11 is 0. The fourth-order valence-corrected chi connectivity index (χ4v) is 2.53. The molecule has 1 aromatic heterocycles. The Morgan fingerprint density at radius 2 is 1.15 bits per heavy atom. The van der Waals surface area contributed by atoms with Gasteiger partial charge in [0.15, 0.2) is 0 Å². The van der Waals surface area contributed by atoms with Gasteiger partial charge in [0.25, 0.3) is 20.2 Å². The average Bonchev–Trinajstić information content (AvgIpc) is 3.07. The molecule has 0 aliphatic rings. The zero-order valence-electron chi connectivity index (χ0n) is 13.7. The van der Waals surface area contributed by atoms with E-state index in [2.05, 4.69) is 9.97 Å². The molecule has 8 nitrogen and oxygen atoms in total. The number of H-pyrrole nitrogens is 1. The van der Waals surface area contributed by atoms with Crippen LogP contribution in [-0.4, -0.2) is 35.9 Å². The molecular weight excluding hydrogens is 380 g/mol. The van der Waals surface area contributed by atoms with Crippen molar-refractivity contribution in [1.29, 1.82) is 0 Å². The Labute approximate surface area is 152 Å². The van der Waals surface area contributed by atoms with E-state index in [0.29, 0.717) is 0 Å². The van der Waals surface area contributed by atoms with Crippen LogP contribution in [0.25, 0.3) is 0 Å². The van der Waals surface area contributed by atoms with Gasteiger partial charge in [-0.3, -0.25) is 9.11 Å². The van der Waals surface area contributed by atoms with E-state index in [-0.39, 0.29) is 9.79 Å². The molecule has 0 amide bonds. The van der Waals surface area contributed by atoms with Gasteiger partial charge in [-0.05, 0) is 31.2 Å². The first kappa shape index (κ1) is 21.5. The minimum absolute atomic E-state index is 0.0741. The van der Waals surface area contributed by atoms with Gasteiger partial charge in [0.05, 0.1) is 9.79 Å². The minimum Gasteiger partial charge on any atom is -0.349 e. The molecule has 0 bridgehead atoms. The minimum atomic E-state index is -4.00. The van der Waals surface area contributed by atoms with Gasteiger partial charge in [-0.25, -0.2) is 4.98 Å². The summed E-state index contributed by atoms with van der Waals surface area (Å²) in [5.74, 6) is 0.968. The molecule has 3 rings (SSSR count). The first-order chi connectivity index (χ1) is 12.1. The first-order valence-corrected chi connectivity index (χ1v) is 10.00. The van der Waals surface area contributed by atoms with Crippen molar-refractivity contribution in [2.24, 2.45) is 0 Å². The monoisotopic (exact) mass is 398 g/mol. The van der Waals surface area contributed by atoms with E-state index < -0.39 is 20.2 Å². The summed E-state index contributed by atoms with van der Waals surface area (Å²) in [6, 6.07) is 14.8. The summed E-state index contributed by atoms with van der Waals surface area (Å²) in [5, 5.41) is 0. The van der Waals surface area contributed by atoms with E-state index >= 15 is 0 Å². The number of nitrogens with zero attached hydrogens (tertiary/aromatic N) is 1. The van der Waals surface area contributed by atoms with E-state index in [1.165, 1.54) is 24.3 Å². The Bertz CT molecular complexity index is 904. The van der Waals surface area contributed by atoms with Crippen LogP contribution in [-0.2, 0) is 20.2 Å². The molecule has 0 saturated carbocycles. The smallest absolute Gasteiger partial charge is 0.294 e. The molecular formula is C16H18N2O6S2. The van der Waals surface area contributed by atoms with E-state index in [0.717, 1.165) is 5.82 Å². The second-order valence-electron chi connectivity index (χ2n) is 4.75. The summed E-state index contributed by atoms with van der Waals surface area (Å²) in [6.45, 7) is 1.92. The lowest BCUT2D eigenvalue weighted by Gasteiger charge is -1.92. The van der Waals surface area contributed by atoms with Crippen molar-refractivity contribution in [2.75, 3.05) is 0 Å². The van der Waals surface area contributed by atoms with Gasteiger partial charge in [-0.1, -0.05) is 36.4 Å². The van der Waals surface area contributed by atoms with Crippen LogP contribution in [0, 0.1) is 6.92 Å². The average molecular weight is 398 g/mol. The maximum absolute atomic E-state index is 10.4. The van der Waals surface area contributed by atoms with Crippen LogP contribution in [0.1, 0.15) is 5.82 Å². The quantitative estimate of drug-likeness (QED) is 0.564. The predicted octanol–water partition coefficient (Wildman–Crippen LogP) is 2.58. The van der Waals surface area contributed by atoms with E-state index in [1.807, 2.05) is 6.92 Å². The van der Waals surface area contributed by atoms with Crippen LogP contribution in [0.3, 0.4) is 0 Å². The zero-order valence-corrected chi connectivity index (χ0v) is 15.4. The fourth-order valence-electron chi connectivity index (χ4n) is 1.53. The number of aryl methyl sites for hydroxylation is 1. The van der Waals surface area contributed by atoms with Gasteiger partial charge in [0.1, 0.15) is 5.82 Å². The second kappa shape index (κ2) is 9.82. The molecule has 140 valence electrons. The van der Waals surface area contributed by atoms with Crippen LogP contribution in [0.4, 0.5) is 0 Å². The van der Waals surface area contributed by atoms with Crippen LogP contribution in [0.15, 0.2) is 82.8 Å². The molecule has 26 heavy (non-hydrogen) atoms. The highest BCUT2D eigenvalue weighted by molar-refractivity contribution is 7.86. The molecule has 3 aromatic rings. The third kappa shape index (κ3) is 8.53. The molecule has 0 atom stereocenters. The number of aromatic nitrogens is 2. The SMILES string of the molecule is Cc1ncc[nH]1.O=S(=O)(O)c1ccccc1.O=S(=O)(O)c1ccccc1. The first-order valence-electron chi connectivity index (χ1n) is 7.12. The second-order valence-corrected chi connectivity index (χ2v) is 7.59. The molecule has 1 heterocycles. The molecule has 0 unspecified atom stereocenters. The Morgan fingerprint density at radius 1 is 0.769 bits per heavy atom. The normalized spacial score (nSPS) is 10.7. The molecule has 3 N–H and O–H groups in total. The molecule has 0 radical (unpaired) electrons. The molecule has 0 spiro atoms. The van der Waals surface area contributed by atoms with Gasteiger partial charge in [0.2, 0.25) is 0 Å². The summed E-state index contributed by atoms with van der Waals surface area (Å²) in [5.41, 5.74) is 0. The van der Waals surface area contributed by atoms with Crippen molar-refractivity contribution >= 4 is 20.2 Å². The lowest BCUT2D eigenvalue weighted by atomic mass is 10.4. The molecule has 0 aliphatic heterocycles. The Kier molecular flexibility index (Phi) is 8.13. The number of hydrogen-bond acceptors (Lipinski definition) is 5. The van der Waals surface area contributed by atoms with Crippen LogP contribution in [0.2, 0.25) is 0 Å². The molecule has 0 saturated heterocycles. The molecule has 10 heteroatoms. The summed E-state index contributed by atoms with van der Waals surface area (Å²) in [4.78, 5) is 6.60. The number of imidazole rings is 1. The van der Waals surface area contributed by atoms with E-state index in [4.69, 9.17) is 9.11 Å². The highest BCUT2D eigenvalue weighted by Gasteiger charge is 2.06. The van der Waals surface area contributed by atoms with Crippen molar-refractivity contribution in [3.8, 4) is 0 Å². The largest absolute Gasteiger partial charge is 0.349 e. The Balaban J connectivity index is 0.000000201.